The quantitative estimate of drug-likeness (QED) is 0.0490. The molecule has 350 valence electrons. The van der Waals surface area contributed by atoms with E-state index in [1.54, 1.807) is 0 Å². The summed E-state index contributed by atoms with van der Waals surface area (Å²) in [4.78, 5) is 0. The molecule has 0 radical (unpaired) electrons. The van der Waals surface area contributed by atoms with Gasteiger partial charge in [0.15, 0.2) is 6.29 Å². The largest absolute Gasteiger partial charge is 0.381 e. The van der Waals surface area contributed by atoms with E-state index in [1.807, 2.05) is 0 Å². The zero-order valence-corrected chi connectivity index (χ0v) is 40.6. The predicted molar refractivity (Wildman–Crippen MR) is 259 cm³/mol. The smallest absolute Gasteiger partial charge is 0.162 e. The van der Waals surface area contributed by atoms with Gasteiger partial charge in [0.2, 0.25) is 0 Å². The first kappa shape index (κ1) is 57.8. The minimum absolute atomic E-state index is 0.160. The molecule has 4 nitrogen and oxygen atoms in total. The monoisotopic (exact) mass is 822 g/mol. The van der Waals surface area contributed by atoms with E-state index in [0.717, 1.165) is 58.7 Å². The maximum Gasteiger partial charge on any atom is 0.162 e. The van der Waals surface area contributed by atoms with Crippen molar-refractivity contribution >= 4 is 0 Å². The van der Waals surface area contributed by atoms with E-state index in [4.69, 9.17) is 19.9 Å². The predicted octanol–water partition coefficient (Wildman–Crippen LogP) is 18.2. The number of unbranched alkanes of at least 4 members (excludes halogenated alkanes) is 39. The summed E-state index contributed by atoms with van der Waals surface area (Å²) in [5.41, 5.74) is 6.02. The van der Waals surface area contributed by atoms with Crippen molar-refractivity contribution in [2.24, 2.45) is 11.7 Å². The Morgan fingerprint density at radius 3 is 0.793 bits per heavy atom. The van der Waals surface area contributed by atoms with E-state index >= 15 is 0 Å². The second kappa shape index (κ2) is 53.0. The molecule has 0 heterocycles. The van der Waals surface area contributed by atoms with Crippen LogP contribution >= 0.6 is 0 Å². The van der Waals surface area contributed by atoms with Crippen LogP contribution in [0.2, 0.25) is 0 Å². The van der Waals surface area contributed by atoms with Crippen molar-refractivity contribution in [3.8, 4) is 0 Å². The molecule has 0 aromatic carbocycles. The van der Waals surface area contributed by atoms with E-state index in [1.165, 1.54) is 257 Å². The molecule has 1 atom stereocenters. The maximum atomic E-state index is 6.56. The molecule has 1 unspecified atom stereocenters. The minimum Gasteiger partial charge on any atom is -0.381 e. The summed E-state index contributed by atoms with van der Waals surface area (Å²) in [5, 5.41) is 0. The van der Waals surface area contributed by atoms with Crippen molar-refractivity contribution in [1.29, 1.82) is 0 Å². The van der Waals surface area contributed by atoms with Gasteiger partial charge in [0.05, 0.1) is 6.61 Å². The Morgan fingerprint density at radius 2 is 0.534 bits per heavy atom. The lowest BCUT2D eigenvalue weighted by molar-refractivity contribution is -0.185. The molecule has 0 amide bonds. The first-order valence-electron chi connectivity index (χ1n) is 27.3. The highest BCUT2D eigenvalue weighted by Crippen LogP contribution is 2.21. The van der Waals surface area contributed by atoms with Crippen LogP contribution in [-0.2, 0) is 14.2 Å². The van der Waals surface area contributed by atoms with Gasteiger partial charge >= 0.3 is 0 Å². The van der Waals surface area contributed by atoms with Crippen LogP contribution in [0, 0.1) is 5.92 Å². The van der Waals surface area contributed by atoms with Gasteiger partial charge < -0.3 is 19.9 Å². The molecule has 0 saturated carbocycles. The average Bonchev–Trinajstić information content (AvgIpc) is 3.23. The Kier molecular flexibility index (Phi) is 52.8. The van der Waals surface area contributed by atoms with Crippen molar-refractivity contribution in [2.75, 3.05) is 33.0 Å². The number of hydrogen-bond acceptors (Lipinski definition) is 4. The van der Waals surface area contributed by atoms with Gasteiger partial charge in [-0.3, -0.25) is 0 Å². The van der Waals surface area contributed by atoms with Gasteiger partial charge in [-0.1, -0.05) is 271 Å². The molecular formula is C54H111NO3. The van der Waals surface area contributed by atoms with Crippen LogP contribution in [0.5, 0.6) is 0 Å². The Hall–Kier alpha value is -0.160. The second-order valence-corrected chi connectivity index (χ2v) is 18.7. The third-order valence-electron chi connectivity index (χ3n) is 12.7. The van der Waals surface area contributed by atoms with E-state index in [9.17, 15) is 0 Å². The highest BCUT2D eigenvalue weighted by molar-refractivity contribution is 4.65. The zero-order valence-electron chi connectivity index (χ0n) is 40.6. The Morgan fingerprint density at radius 1 is 0.293 bits per heavy atom. The normalized spacial score (nSPS) is 12.4. The average molecular weight is 822 g/mol. The number of rotatable bonds is 53. The Balaban J connectivity index is 4.38. The summed E-state index contributed by atoms with van der Waals surface area (Å²) >= 11 is 0. The van der Waals surface area contributed by atoms with Gasteiger partial charge in [-0.25, -0.2) is 0 Å². The maximum absolute atomic E-state index is 6.56. The Labute approximate surface area is 367 Å². The van der Waals surface area contributed by atoms with Gasteiger partial charge in [0.25, 0.3) is 0 Å². The zero-order chi connectivity index (χ0) is 41.9. The van der Waals surface area contributed by atoms with Gasteiger partial charge in [-0.05, 0) is 38.6 Å². The lowest BCUT2D eigenvalue weighted by Crippen LogP contribution is -2.32. The molecule has 0 aromatic rings. The fraction of sp³-hybridized carbons (Fsp3) is 1.00. The number of nitrogens with two attached hydrogens (primary N) is 1. The molecule has 0 aliphatic rings. The van der Waals surface area contributed by atoms with Crippen LogP contribution in [0.25, 0.3) is 0 Å². The van der Waals surface area contributed by atoms with Crippen LogP contribution in [0.4, 0.5) is 0 Å². The highest BCUT2D eigenvalue weighted by atomic mass is 16.7. The van der Waals surface area contributed by atoms with Crippen molar-refractivity contribution in [3.05, 3.63) is 0 Å². The van der Waals surface area contributed by atoms with Crippen molar-refractivity contribution in [3.63, 3.8) is 0 Å². The van der Waals surface area contributed by atoms with Crippen LogP contribution in [0.1, 0.15) is 303 Å². The lowest BCUT2D eigenvalue weighted by atomic mass is 10.0. The molecule has 2 N–H and O–H groups in total. The molecule has 0 spiro atoms. The van der Waals surface area contributed by atoms with Crippen molar-refractivity contribution in [1.82, 2.24) is 0 Å². The van der Waals surface area contributed by atoms with Gasteiger partial charge in [0, 0.05) is 25.7 Å². The van der Waals surface area contributed by atoms with Gasteiger partial charge in [-0.2, -0.15) is 0 Å². The fourth-order valence-electron chi connectivity index (χ4n) is 8.62. The molecule has 0 fully saturated rings. The summed E-state index contributed by atoms with van der Waals surface area (Å²) in [6.45, 7) is 10.8. The lowest BCUT2D eigenvalue weighted by Gasteiger charge is -2.27. The van der Waals surface area contributed by atoms with Crippen molar-refractivity contribution < 1.29 is 14.2 Å². The highest BCUT2D eigenvalue weighted by Gasteiger charge is 2.23. The molecule has 0 aliphatic heterocycles. The van der Waals surface area contributed by atoms with Crippen LogP contribution in [-0.4, -0.2) is 39.3 Å². The summed E-state index contributed by atoms with van der Waals surface area (Å²) < 4.78 is 19.5. The third kappa shape index (κ3) is 46.9. The molecule has 0 bridgehead atoms. The third-order valence-corrected chi connectivity index (χ3v) is 12.7. The molecule has 0 aromatic heterocycles. The molecule has 58 heavy (non-hydrogen) atoms. The van der Waals surface area contributed by atoms with Crippen LogP contribution in [0.3, 0.4) is 0 Å². The molecule has 4 heteroatoms. The summed E-state index contributed by atoms with van der Waals surface area (Å²) in [6, 6.07) is 0. The molecule has 0 aliphatic carbocycles. The van der Waals surface area contributed by atoms with Gasteiger partial charge in [-0.15, -0.1) is 0 Å². The van der Waals surface area contributed by atoms with E-state index in [-0.39, 0.29) is 12.2 Å². The van der Waals surface area contributed by atoms with Gasteiger partial charge in [0.1, 0.15) is 0 Å². The van der Waals surface area contributed by atoms with Crippen molar-refractivity contribution in [2.45, 2.75) is 310 Å². The summed E-state index contributed by atoms with van der Waals surface area (Å²) in [7, 11) is 0. The molecular weight excluding hydrogens is 711 g/mol. The summed E-state index contributed by atoms with van der Waals surface area (Å²) in [6.07, 6.45) is 60.1. The number of hydrogen-bond donors (Lipinski definition) is 1. The topological polar surface area (TPSA) is 53.7 Å². The van der Waals surface area contributed by atoms with E-state index < -0.39 is 0 Å². The fourth-order valence-corrected chi connectivity index (χ4v) is 8.62. The number of ether oxygens (including phenoxy) is 3. The first-order valence-corrected chi connectivity index (χ1v) is 27.3. The second-order valence-electron chi connectivity index (χ2n) is 18.7. The molecule has 0 saturated heterocycles. The Bertz CT molecular complexity index is 670. The van der Waals surface area contributed by atoms with Crippen LogP contribution < -0.4 is 5.73 Å². The summed E-state index contributed by atoms with van der Waals surface area (Å²) in [5.74, 6) is 0.272. The SMILES string of the molecule is CCCCCCCCCCCCCCCCOCC(CCCN)C(OCCCCCCCCCCCCCCCC)OCCCCCCCCCCCCCCCC. The standard InChI is InChI=1S/C54H111NO3/c1-4-7-10-13-16-19-22-25-28-31-34-37-40-43-49-56-52-53(47-46-48-55)54(57-50-44-41-38-35-32-29-26-23-20-17-14-11-8-5-2)58-51-45-42-39-36-33-30-27-24-21-18-15-12-9-6-3/h53-54H,4-52,55H2,1-3H3. The van der Waals surface area contributed by atoms with E-state index in [0.29, 0.717) is 0 Å². The van der Waals surface area contributed by atoms with E-state index in [2.05, 4.69) is 20.8 Å². The molecule has 0 rings (SSSR count). The van der Waals surface area contributed by atoms with Crippen LogP contribution in [0.15, 0.2) is 0 Å². The minimum atomic E-state index is -0.160. The first-order chi connectivity index (χ1) is 28.8.